The van der Waals surface area contributed by atoms with Crippen LogP contribution in [0.2, 0.25) is 0 Å². The maximum atomic E-state index is 12.9. The largest absolute Gasteiger partial charge is 0.347 e. The van der Waals surface area contributed by atoms with Gasteiger partial charge in [-0.2, -0.15) is 4.31 Å². The molecule has 21 heavy (non-hydrogen) atoms. The van der Waals surface area contributed by atoms with Gasteiger partial charge in [0.1, 0.15) is 6.04 Å². The predicted molar refractivity (Wildman–Crippen MR) is 79.9 cm³/mol. The van der Waals surface area contributed by atoms with Crippen LogP contribution in [0.1, 0.15) is 18.4 Å². The fraction of sp³-hybridized carbons (Fsp3) is 0.500. The number of hydrogen-bond acceptors (Lipinski definition) is 4. The molecule has 1 aliphatic rings. The summed E-state index contributed by atoms with van der Waals surface area (Å²) < 4.78 is 27.0. The third-order valence-electron chi connectivity index (χ3n) is 3.71. The molecule has 1 saturated heterocycles. The third-order valence-corrected chi connectivity index (χ3v) is 5.72. The zero-order chi connectivity index (χ0) is 15.6. The molecule has 0 bridgehead atoms. The van der Waals surface area contributed by atoms with Crippen molar-refractivity contribution in [1.29, 1.82) is 0 Å². The van der Waals surface area contributed by atoms with Crippen LogP contribution in [-0.4, -0.2) is 50.2 Å². The fourth-order valence-corrected chi connectivity index (χ4v) is 4.51. The number of sulfonamides is 1. The molecule has 2 N–H and O–H groups in total. The van der Waals surface area contributed by atoms with E-state index >= 15 is 0 Å². The van der Waals surface area contributed by atoms with Gasteiger partial charge in [-0.25, -0.2) is 8.42 Å². The molecule has 7 heteroatoms. The highest BCUT2D eigenvalue weighted by atomic mass is 32.2. The Bertz CT molecular complexity index is 628. The predicted octanol–water partition coefficient (Wildman–Crippen LogP) is 0.387. The van der Waals surface area contributed by atoms with Crippen LogP contribution in [0.25, 0.3) is 0 Å². The van der Waals surface area contributed by atoms with Crippen molar-refractivity contribution in [2.75, 3.05) is 20.6 Å². The van der Waals surface area contributed by atoms with Crippen LogP contribution < -0.4 is 5.73 Å². The number of carbonyl (C=O) groups excluding carboxylic acids is 1. The molecule has 116 valence electrons. The molecule has 0 spiro atoms. The van der Waals surface area contributed by atoms with Gasteiger partial charge >= 0.3 is 0 Å². The van der Waals surface area contributed by atoms with Crippen molar-refractivity contribution >= 4 is 15.9 Å². The first-order valence-corrected chi connectivity index (χ1v) is 8.34. The zero-order valence-electron chi connectivity index (χ0n) is 12.3. The van der Waals surface area contributed by atoms with Crippen LogP contribution in [0.15, 0.2) is 29.2 Å². The van der Waals surface area contributed by atoms with Crippen LogP contribution in [0.5, 0.6) is 0 Å². The summed E-state index contributed by atoms with van der Waals surface area (Å²) >= 11 is 0. The van der Waals surface area contributed by atoms with Crippen molar-refractivity contribution in [2.24, 2.45) is 5.73 Å². The van der Waals surface area contributed by atoms with Gasteiger partial charge < -0.3 is 10.6 Å². The molecule has 1 fully saturated rings. The highest BCUT2D eigenvalue weighted by Gasteiger charge is 2.40. The average Bonchev–Trinajstić information content (AvgIpc) is 2.96. The van der Waals surface area contributed by atoms with Gasteiger partial charge in [0.05, 0.1) is 4.90 Å². The lowest BCUT2D eigenvalue weighted by Crippen LogP contribution is -2.45. The van der Waals surface area contributed by atoms with Crippen LogP contribution in [-0.2, 0) is 21.4 Å². The Balaban J connectivity index is 2.41. The van der Waals surface area contributed by atoms with Crippen molar-refractivity contribution < 1.29 is 13.2 Å². The van der Waals surface area contributed by atoms with Crippen molar-refractivity contribution in [1.82, 2.24) is 9.21 Å². The lowest BCUT2D eigenvalue weighted by atomic mass is 10.2. The van der Waals surface area contributed by atoms with Gasteiger partial charge in [0.2, 0.25) is 15.9 Å². The smallest absolute Gasteiger partial charge is 0.244 e. The van der Waals surface area contributed by atoms with Gasteiger partial charge in [-0.1, -0.05) is 18.2 Å². The molecule has 1 amide bonds. The molecule has 1 atom stereocenters. The van der Waals surface area contributed by atoms with Crippen LogP contribution >= 0.6 is 0 Å². The lowest BCUT2D eigenvalue weighted by molar-refractivity contribution is -0.132. The summed E-state index contributed by atoms with van der Waals surface area (Å²) in [4.78, 5) is 13.8. The molecular weight excluding hydrogens is 290 g/mol. The van der Waals surface area contributed by atoms with Gasteiger partial charge in [0.15, 0.2) is 0 Å². The summed E-state index contributed by atoms with van der Waals surface area (Å²) in [7, 11) is -0.427. The van der Waals surface area contributed by atoms with Gasteiger partial charge in [0.25, 0.3) is 0 Å². The Kier molecular flexibility index (Phi) is 4.65. The number of benzene rings is 1. The summed E-state index contributed by atoms with van der Waals surface area (Å²) in [6, 6.07) is 6.06. The first-order chi connectivity index (χ1) is 9.89. The normalized spacial score (nSPS) is 19.7. The maximum Gasteiger partial charge on any atom is 0.244 e. The fourth-order valence-electron chi connectivity index (χ4n) is 2.62. The number of nitrogens with two attached hydrogens (primary N) is 1. The molecule has 1 aromatic rings. The Labute approximate surface area is 125 Å². The summed E-state index contributed by atoms with van der Waals surface area (Å²) in [6.07, 6.45) is 1.25. The molecule has 1 heterocycles. The zero-order valence-corrected chi connectivity index (χ0v) is 13.1. The highest BCUT2D eigenvalue weighted by Crippen LogP contribution is 2.28. The molecule has 0 aromatic heterocycles. The van der Waals surface area contributed by atoms with Crippen molar-refractivity contribution in [3.05, 3.63) is 29.8 Å². The monoisotopic (exact) mass is 311 g/mol. The lowest BCUT2D eigenvalue weighted by Gasteiger charge is -2.26. The number of nitrogens with zero attached hydrogens (tertiary/aromatic N) is 2. The van der Waals surface area contributed by atoms with Gasteiger partial charge in [-0.05, 0) is 24.5 Å². The van der Waals surface area contributed by atoms with Gasteiger partial charge in [-0.3, -0.25) is 4.79 Å². The van der Waals surface area contributed by atoms with E-state index in [1.807, 2.05) is 0 Å². The van der Waals surface area contributed by atoms with Gasteiger partial charge in [0, 0.05) is 27.2 Å². The first kappa shape index (κ1) is 15.9. The van der Waals surface area contributed by atoms with Crippen LogP contribution in [0.4, 0.5) is 0 Å². The Morgan fingerprint density at radius 1 is 1.38 bits per heavy atom. The second-order valence-electron chi connectivity index (χ2n) is 5.32. The molecule has 1 aromatic carbocycles. The summed E-state index contributed by atoms with van der Waals surface area (Å²) in [5.74, 6) is -0.179. The van der Waals surface area contributed by atoms with E-state index in [9.17, 15) is 13.2 Å². The summed E-state index contributed by atoms with van der Waals surface area (Å²) in [5.41, 5.74) is 6.20. The molecule has 1 aliphatic heterocycles. The summed E-state index contributed by atoms with van der Waals surface area (Å²) in [6.45, 7) is 0.515. The summed E-state index contributed by atoms with van der Waals surface area (Å²) in [5, 5.41) is 0. The number of amides is 1. The van der Waals surface area contributed by atoms with Crippen LogP contribution in [0.3, 0.4) is 0 Å². The minimum atomic E-state index is -3.70. The molecular formula is C14H21N3O3S. The minimum Gasteiger partial charge on any atom is -0.347 e. The van der Waals surface area contributed by atoms with E-state index in [0.717, 1.165) is 0 Å². The van der Waals surface area contributed by atoms with Crippen LogP contribution in [0, 0.1) is 0 Å². The first-order valence-electron chi connectivity index (χ1n) is 6.90. The molecule has 0 aliphatic carbocycles. The second kappa shape index (κ2) is 6.13. The molecule has 6 nitrogen and oxygen atoms in total. The highest BCUT2D eigenvalue weighted by molar-refractivity contribution is 7.89. The Morgan fingerprint density at radius 2 is 2.05 bits per heavy atom. The van der Waals surface area contributed by atoms with E-state index in [4.69, 9.17) is 5.73 Å². The number of hydrogen-bond donors (Lipinski definition) is 1. The second-order valence-corrected chi connectivity index (χ2v) is 7.18. The average molecular weight is 311 g/mol. The number of likely N-dealkylation sites (N-methyl/N-ethyl adjacent to an activating group) is 1. The van der Waals surface area contributed by atoms with E-state index in [2.05, 4.69) is 0 Å². The van der Waals surface area contributed by atoms with E-state index in [-0.39, 0.29) is 17.3 Å². The standard InChI is InChI=1S/C14H21N3O3S/c1-16(2)14(18)12-7-5-9-17(12)21(19,20)13-8-4-3-6-11(13)10-15/h3-4,6,8,12H,5,7,9-10,15H2,1-2H3. The van der Waals surface area contributed by atoms with Gasteiger partial charge in [-0.15, -0.1) is 0 Å². The van der Waals surface area contributed by atoms with E-state index in [0.29, 0.717) is 24.9 Å². The quantitative estimate of drug-likeness (QED) is 0.871. The third kappa shape index (κ3) is 2.95. The number of carbonyl (C=O) groups is 1. The van der Waals surface area contributed by atoms with E-state index < -0.39 is 16.1 Å². The Morgan fingerprint density at radius 3 is 2.67 bits per heavy atom. The SMILES string of the molecule is CN(C)C(=O)C1CCCN1S(=O)(=O)c1ccccc1CN. The molecule has 0 radical (unpaired) electrons. The van der Waals surface area contributed by atoms with Crippen molar-refractivity contribution in [2.45, 2.75) is 30.3 Å². The van der Waals surface area contributed by atoms with Crippen molar-refractivity contribution in [3.8, 4) is 0 Å². The molecule has 2 rings (SSSR count). The van der Waals surface area contributed by atoms with Crippen molar-refractivity contribution in [3.63, 3.8) is 0 Å². The minimum absolute atomic E-state index is 0.148. The molecule has 0 saturated carbocycles. The topological polar surface area (TPSA) is 83.7 Å². The number of rotatable bonds is 4. The van der Waals surface area contributed by atoms with E-state index in [1.54, 1.807) is 38.4 Å². The van der Waals surface area contributed by atoms with E-state index in [1.165, 1.54) is 9.21 Å². The molecule has 1 unspecified atom stereocenters. The maximum absolute atomic E-state index is 12.9. The Hall–Kier alpha value is -1.44.